The van der Waals surface area contributed by atoms with E-state index in [-0.39, 0.29) is 10.5 Å². The van der Waals surface area contributed by atoms with E-state index in [4.69, 9.17) is 5.73 Å². The van der Waals surface area contributed by atoms with E-state index in [1.807, 2.05) is 12.4 Å². The summed E-state index contributed by atoms with van der Waals surface area (Å²) in [5, 5.41) is 5.34. The summed E-state index contributed by atoms with van der Waals surface area (Å²) in [6.07, 6.45) is 4.98. The Labute approximate surface area is 115 Å². The van der Waals surface area contributed by atoms with Gasteiger partial charge in [-0.1, -0.05) is 30.3 Å². The molecule has 100 valence electrons. The topological polar surface area (TPSA) is 55.9 Å². The van der Waals surface area contributed by atoms with E-state index in [0.29, 0.717) is 0 Å². The molecule has 0 amide bonds. The predicted molar refractivity (Wildman–Crippen MR) is 80.3 cm³/mol. The molecule has 5 heteroatoms. The van der Waals surface area contributed by atoms with Crippen LogP contribution in [0.1, 0.15) is 5.56 Å². The molecule has 2 bridgehead atoms. The van der Waals surface area contributed by atoms with Gasteiger partial charge in [0.05, 0.1) is 11.4 Å². The lowest BCUT2D eigenvalue weighted by atomic mass is 10.1. The number of hydrogen-bond acceptors (Lipinski definition) is 1. The Hall–Kier alpha value is -1.43. The number of fused-ring (bicyclic) bond motifs is 2. The number of aromatic nitrogens is 2. The zero-order chi connectivity index (χ0) is 13.1. The fourth-order valence-corrected chi connectivity index (χ4v) is 3.94. The van der Waals surface area contributed by atoms with E-state index >= 15 is 0 Å². The van der Waals surface area contributed by atoms with Gasteiger partial charge in [0.2, 0.25) is 0 Å². The van der Waals surface area contributed by atoms with Crippen molar-refractivity contribution in [1.29, 1.82) is 0 Å². The normalized spacial score (nSPS) is 18.4. The number of benzene rings is 1. The average Bonchev–Trinajstić information content (AvgIpc) is 2.81. The molecule has 1 aromatic heterocycles. The van der Waals surface area contributed by atoms with Crippen molar-refractivity contribution in [1.82, 2.24) is 14.9 Å². The lowest BCUT2D eigenvalue weighted by Crippen LogP contribution is -2.34. The maximum absolute atomic E-state index is 6.18. The van der Waals surface area contributed by atoms with E-state index in [1.54, 1.807) is 0 Å². The fraction of sp³-hybridized carbons (Fsp3) is 0.286. The maximum Gasteiger partial charge on any atom is 0.111 e. The van der Waals surface area contributed by atoms with Crippen LogP contribution in [0.15, 0.2) is 47.9 Å². The van der Waals surface area contributed by atoms with E-state index < -0.39 is 0 Å². The Morgan fingerprint density at radius 3 is 3.05 bits per heavy atom. The van der Waals surface area contributed by atoms with E-state index in [2.05, 4.69) is 45.3 Å². The number of nitrogens with zero attached hydrogens (tertiary/aromatic N) is 2. The first kappa shape index (κ1) is 12.6. The van der Waals surface area contributed by atoms with Crippen LogP contribution >= 0.6 is 10.5 Å². The van der Waals surface area contributed by atoms with Gasteiger partial charge in [-0.25, -0.2) is 4.98 Å². The van der Waals surface area contributed by atoms with Crippen molar-refractivity contribution < 1.29 is 0 Å². The number of nitrogens with two attached hydrogens (primary N) is 1. The first-order chi connectivity index (χ1) is 9.33. The van der Waals surface area contributed by atoms with Crippen LogP contribution in [0, 0.1) is 0 Å². The summed E-state index contributed by atoms with van der Waals surface area (Å²) in [4.78, 5) is 4.40. The monoisotopic (exact) mass is 274 g/mol. The van der Waals surface area contributed by atoms with Crippen molar-refractivity contribution >= 4 is 15.6 Å². The van der Waals surface area contributed by atoms with Crippen LogP contribution in [-0.4, -0.2) is 27.0 Å². The van der Waals surface area contributed by atoms with Crippen LogP contribution in [-0.2, 0) is 13.0 Å². The lowest BCUT2D eigenvalue weighted by Gasteiger charge is -2.15. The molecule has 2 heterocycles. The van der Waals surface area contributed by atoms with Crippen molar-refractivity contribution in [2.75, 3.05) is 12.3 Å². The van der Waals surface area contributed by atoms with Gasteiger partial charge in [0, 0.05) is 25.0 Å². The van der Waals surface area contributed by atoms with E-state index in [0.717, 1.165) is 35.4 Å². The van der Waals surface area contributed by atoms with E-state index in [9.17, 15) is 0 Å². The third-order valence-electron chi connectivity index (χ3n) is 3.24. The van der Waals surface area contributed by atoms with Gasteiger partial charge in [-0.05, 0) is 12.0 Å². The summed E-state index contributed by atoms with van der Waals surface area (Å²) in [5.74, 6) is 1.07. The van der Waals surface area contributed by atoms with Crippen LogP contribution < -0.4 is 11.1 Å². The minimum atomic E-state index is -0.0386. The Bertz CT molecular complexity index is 589. The molecule has 0 spiro atoms. The minimum absolute atomic E-state index is 0.0386. The summed E-state index contributed by atoms with van der Waals surface area (Å²) in [6.45, 7) is 1.89. The van der Waals surface area contributed by atoms with Crippen LogP contribution in [0.4, 0.5) is 0 Å². The molecule has 0 saturated heterocycles. The third kappa shape index (κ3) is 2.94. The molecule has 3 rings (SSSR count). The molecule has 1 aromatic carbocycles. The molecular formula is C14H18N4S. The standard InChI is InChI=1S/C14H18N4S/c15-14(16-7-6-12-4-2-1-3-5-12)19-9-8-18-10-13(19)17-11-18/h1-5,10-11,16H,6-9,15H2. The zero-order valence-corrected chi connectivity index (χ0v) is 11.6. The Balaban J connectivity index is 1.62. The highest BCUT2D eigenvalue weighted by Crippen LogP contribution is 2.28. The minimum Gasteiger partial charge on any atom is -0.335 e. The lowest BCUT2D eigenvalue weighted by molar-refractivity contribution is 0.762. The number of imidazole rings is 1. The Kier molecular flexibility index (Phi) is 3.77. The van der Waals surface area contributed by atoms with Crippen molar-refractivity contribution in [2.45, 2.75) is 18.0 Å². The van der Waals surface area contributed by atoms with Crippen molar-refractivity contribution in [3.8, 4) is 0 Å². The second-order valence-electron chi connectivity index (χ2n) is 4.57. The molecule has 0 radical (unpaired) electrons. The van der Waals surface area contributed by atoms with Crippen molar-refractivity contribution in [2.24, 2.45) is 5.73 Å². The molecule has 0 aliphatic carbocycles. The van der Waals surface area contributed by atoms with Gasteiger partial charge in [-0.3, -0.25) is 11.1 Å². The summed E-state index contributed by atoms with van der Waals surface area (Å²) >= 11 is 0. The van der Waals surface area contributed by atoms with Crippen molar-refractivity contribution in [3.05, 3.63) is 48.4 Å². The molecule has 0 saturated carbocycles. The first-order valence-electron chi connectivity index (χ1n) is 6.46. The number of nitrogens with one attached hydrogen (secondary N) is 1. The maximum atomic E-state index is 6.18. The van der Waals surface area contributed by atoms with Gasteiger partial charge in [0.1, 0.15) is 5.03 Å². The van der Waals surface area contributed by atoms with Gasteiger partial charge >= 0.3 is 0 Å². The van der Waals surface area contributed by atoms with Gasteiger partial charge < -0.3 is 4.57 Å². The van der Waals surface area contributed by atoms with Crippen LogP contribution in [0.5, 0.6) is 0 Å². The number of aryl methyl sites for hydroxylation is 1. The Morgan fingerprint density at radius 1 is 1.37 bits per heavy atom. The van der Waals surface area contributed by atoms with Crippen LogP contribution in [0.25, 0.3) is 0 Å². The van der Waals surface area contributed by atoms with Gasteiger partial charge in [-0.2, -0.15) is 0 Å². The average molecular weight is 274 g/mol. The summed E-state index contributed by atoms with van der Waals surface area (Å²) in [5.41, 5.74) is 7.51. The number of rotatable bonds is 3. The molecule has 4 nitrogen and oxygen atoms in total. The van der Waals surface area contributed by atoms with Crippen LogP contribution in [0.3, 0.4) is 0 Å². The zero-order valence-electron chi connectivity index (χ0n) is 10.7. The van der Waals surface area contributed by atoms with Gasteiger partial charge in [0.15, 0.2) is 0 Å². The van der Waals surface area contributed by atoms with Crippen LogP contribution in [0.2, 0.25) is 0 Å². The predicted octanol–water partition coefficient (Wildman–Crippen LogP) is 1.40. The SMILES string of the molecule is N/C(NCCc1ccccc1)=S1/CCn2cnc1c2. The molecule has 3 N–H and O–H groups in total. The fourth-order valence-electron chi connectivity index (χ4n) is 2.17. The first-order valence-corrected chi connectivity index (χ1v) is 7.85. The largest absolute Gasteiger partial charge is 0.335 e. The summed E-state index contributed by atoms with van der Waals surface area (Å²) in [6, 6.07) is 10.5. The summed E-state index contributed by atoms with van der Waals surface area (Å²) in [7, 11) is -0.0386. The molecule has 1 unspecified atom stereocenters. The molecule has 1 aliphatic heterocycles. The molecule has 19 heavy (non-hydrogen) atoms. The molecule has 0 fully saturated rings. The van der Waals surface area contributed by atoms with Gasteiger partial charge in [0.25, 0.3) is 0 Å². The highest BCUT2D eigenvalue weighted by atomic mass is 32.2. The second kappa shape index (κ2) is 5.69. The summed E-state index contributed by atoms with van der Waals surface area (Å²) < 4.78 is 2.12. The Morgan fingerprint density at radius 2 is 2.21 bits per heavy atom. The molecule has 2 aromatic rings. The second-order valence-corrected chi connectivity index (χ2v) is 6.62. The smallest absolute Gasteiger partial charge is 0.111 e. The number of hydrogen-bond donors (Lipinski definition) is 2. The molecule has 1 atom stereocenters. The molecule has 1 aliphatic rings. The quantitative estimate of drug-likeness (QED) is 0.832. The molecular weight excluding hydrogens is 256 g/mol. The third-order valence-corrected chi connectivity index (χ3v) is 5.22. The van der Waals surface area contributed by atoms with E-state index in [1.165, 1.54) is 5.56 Å². The highest BCUT2D eigenvalue weighted by molar-refractivity contribution is 8.15. The highest BCUT2D eigenvalue weighted by Gasteiger charge is 2.13. The van der Waals surface area contributed by atoms with Gasteiger partial charge in [-0.15, -0.1) is 10.5 Å². The van der Waals surface area contributed by atoms with Crippen molar-refractivity contribution in [3.63, 3.8) is 0 Å².